The van der Waals surface area contributed by atoms with Crippen LogP contribution in [-0.2, 0) is 11.2 Å². The Morgan fingerprint density at radius 1 is 1.50 bits per heavy atom. The highest BCUT2D eigenvalue weighted by Gasteiger charge is 2.08. The highest BCUT2D eigenvalue weighted by Crippen LogP contribution is 2.31. The minimum absolute atomic E-state index is 0.0308. The van der Waals surface area contributed by atoms with Crippen molar-refractivity contribution in [3.05, 3.63) is 27.7 Å². The molecule has 2 N–H and O–H groups in total. The zero-order chi connectivity index (χ0) is 10.7. The molecule has 0 atom stereocenters. The largest absolute Gasteiger partial charge is 0.506 e. The van der Waals surface area contributed by atoms with E-state index in [-0.39, 0.29) is 12.2 Å². The summed E-state index contributed by atoms with van der Waals surface area (Å²) in [4.78, 5) is 10.3. The molecular formula is C10H11BrO3. The molecule has 0 fully saturated rings. The summed E-state index contributed by atoms with van der Waals surface area (Å²) >= 11 is 3.24. The number of carboxylic acid groups (broad SMARTS) is 1. The number of aromatic hydroxyl groups is 1. The predicted molar refractivity (Wildman–Crippen MR) is 56.5 cm³/mol. The molecule has 0 saturated carbocycles. The van der Waals surface area contributed by atoms with E-state index in [1.165, 1.54) is 0 Å². The van der Waals surface area contributed by atoms with Gasteiger partial charge in [0.1, 0.15) is 5.75 Å². The van der Waals surface area contributed by atoms with Crippen molar-refractivity contribution in [1.29, 1.82) is 0 Å². The molecule has 0 radical (unpaired) electrons. The van der Waals surface area contributed by atoms with Gasteiger partial charge >= 0.3 is 5.97 Å². The van der Waals surface area contributed by atoms with Crippen molar-refractivity contribution in [2.24, 2.45) is 0 Å². The summed E-state index contributed by atoms with van der Waals surface area (Å²) in [5.41, 5.74) is 1.59. The Morgan fingerprint density at radius 3 is 2.71 bits per heavy atom. The molecule has 0 saturated heterocycles. The maximum atomic E-state index is 10.3. The van der Waals surface area contributed by atoms with Gasteiger partial charge in [-0.2, -0.15) is 0 Å². The summed E-state index contributed by atoms with van der Waals surface area (Å²) in [5.74, 6) is -0.715. The van der Waals surface area contributed by atoms with Crippen molar-refractivity contribution >= 4 is 21.9 Å². The van der Waals surface area contributed by atoms with Crippen LogP contribution in [0.4, 0.5) is 0 Å². The first-order valence-electron chi connectivity index (χ1n) is 4.21. The standard InChI is InChI=1S/C10H11BrO3/c1-6-2-3-7(4-5-8(12)13)10(14)9(6)11/h2-3,14H,4-5H2,1H3,(H,12,13). The first-order chi connectivity index (χ1) is 6.52. The lowest BCUT2D eigenvalue weighted by molar-refractivity contribution is -0.136. The topological polar surface area (TPSA) is 57.5 Å². The quantitative estimate of drug-likeness (QED) is 0.876. The molecule has 0 heterocycles. The number of halogens is 1. The number of benzene rings is 1. The van der Waals surface area contributed by atoms with Crippen molar-refractivity contribution < 1.29 is 15.0 Å². The van der Waals surface area contributed by atoms with E-state index in [0.29, 0.717) is 16.5 Å². The van der Waals surface area contributed by atoms with Crippen LogP contribution in [0.5, 0.6) is 5.75 Å². The molecule has 76 valence electrons. The van der Waals surface area contributed by atoms with Gasteiger partial charge in [0, 0.05) is 6.42 Å². The van der Waals surface area contributed by atoms with Gasteiger partial charge in [0.15, 0.2) is 0 Å². The second-order valence-corrected chi connectivity index (χ2v) is 3.89. The minimum atomic E-state index is -0.860. The van der Waals surface area contributed by atoms with E-state index in [9.17, 15) is 9.90 Å². The third kappa shape index (κ3) is 2.48. The second kappa shape index (κ2) is 4.46. The highest BCUT2D eigenvalue weighted by atomic mass is 79.9. The number of hydrogen-bond acceptors (Lipinski definition) is 2. The van der Waals surface area contributed by atoms with Gasteiger partial charge in [-0.05, 0) is 40.4 Å². The van der Waals surface area contributed by atoms with Crippen LogP contribution in [0.2, 0.25) is 0 Å². The van der Waals surface area contributed by atoms with E-state index in [4.69, 9.17) is 5.11 Å². The van der Waals surface area contributed by atoms with E-state index in [2.05, 4.69) is 15.9 Å². The Morgan fingerprint density at radius 2 is 2.14 bits per heavy atom. The van der Waals surface area contributed by atoms with Crippen LogP contribution in [0.1, 0.15) is 17.5 Å². The second-order valence-electron chi connectivity index (χ2n) is 3.10. The number of phenols is 1. The Bertz CT molecular complexity index is 361. The Labute approximate surface area is 90.5 Å². The van der Waals surface area contributed by atoms with Crippen LogP contribution < -0.4 is 0 Å². The van der Waals surface area contributed by atoms with E-state index in [0.717, 1.165) is 5.56 Å². The van der Waals surface area contributed by atoms with Gasteiger partial charge in [-0.25, -0.2) is 0 Å². The van der Waals surface area contributed by atoms with E-state index >= 15 is 0 Å². The fourth-order valence-corrected chi connectivity index (χ4v) is 1.54. The molecule has 4 heteroatoms. The first kappa shape index (κ1) is 11.0. The molecule has 14 heavy (non-hydrogen) atoms. The van der Waals surface area contributed by atoms with E-state index in [1.54, 1.807) is 6.07 Å². The molecular weight excluding hydrogens is 248 g/mol. The van der Waals surface area contributed by atoms with Gasteiger partial charge in [-0.3, -0.25) is 4.79 Å². The lowest BCUT2D eigenvalue weighted by atomic mass is 10.1. The van der Waals surface area contributed by atoms with Crippen molar-refractivity contribution in [2.45, 2.75) is 19.8 Å². The predicted octanol–water partition coefficient (Wildman–Crippen LogP) is 2.48. The summed E-state index contributed by atoms with van der Waals surface area (Å²) in [6.07, 6.45) is 0.378. The SMILES string of the molecule is Cc1ccc(CCC(=O)O)c(O)c1Br. The molecule has 0 aliphatic heterocycles. The third-order valence-electron chi connectivity index (χ3n) is 2.00. The van der Waals surface area contributed by atoms with Crippen LogP contribution in [0.3, 0.4) is 0 Å². The monoisotopic (exact) mass is 258 g/mol. The van der Waals surface area contributed by atoms with Crippen molar-refractivity contribution in [2.75, 3.05) is 0 Å². The molecule has 0 bridgehead atoms. The van der Waals surface area contributed by atoms with Crippen LogP contribution in [0, 0.1) is 6.92 Å². The highest BCUT2D eigenvalue weighted by molar-refractivity contribution is 9.10. The normalized spacial score (nSPS) is 10.1. The zero-order valence-corrected chi connectivity index (χ0v) is 9.34. The molecule has 0 amide bonds. The number of phenolic OH excluding ortho intramolecular Hbond substituents is 1. The first-order valence-corrected chi connectivity index (χ1v) is 5.00. The maximum Gasteiger partial charge on any atom is 0.303 e. The zero-order valence-electron chi connectivity index (χ0n) is 7.75. The lowest BCUT2D eigenvalue weighted by Crippen LogP contribution is -1.98. The average Bonchev–Trinajstić information content (AvgIpc) is 2.13. The summed E-state index contributed by atoms with van der Waals surface area (Å²) in [7, 11) is 0. The summed E-state index contributed by atoms with van der Waals surface area (Å²) in [6, 6.07) is 3.60. The number of carbonyl (C=O) groups is 1. The van der Waals surface area contributed by atoms with Gasteiger partial charge < -0.3 is 10.2 Å². The molecule has 1 rings (SSSR count). The summed E-state index contributed by atoms with van der Waals surface area (Å²) in [5, 5.41) is 18.1. The van der Waals surface area contributed by atoms with Crippen LogP contribution in [0.25, 0.3) is 0 Å². The van der Waals surface area contributed by atoms with E-state index in [1.807, 2.05) is 13.0 Å². The molecule has 0 aromatic heterocycles. The number of carboxylic acids is 1. The Kier molecular flexibility index (Phi) is 3.52. The summed E-state index contributed by atoms with van der Waals surface area (Å²) in [6.45, 7) is 1.87. The van der Waals surface area contributed by atoms with Gasteiger partial charge in [0.05, 0.1) is 4.47 Å². The number of hydrogen-bond donors (Lipinski definition) is 2. The van der Waals surface area contributed by atoms with Crippen LogP contribution in [-0.4, -0.2) is 16.2 Å². The van der Waals surface area contributed by atoms with Gasteiger partial charge in [-0.15, -0.1) is 0 Å². The van der Waals surface area contributed by atoms with Crippen molar-refractivity contribution in [3.8, 4) is 5.75 Å². The molecule has 3 nitrogen and oxygen atoms in total. The van der Waals surface area contributed by atoms with Crippen molar-refractivity contribution in [3.63, 3.8) is 0 Å². The number of rotatable bonds is 3. The van der Waals surface area contributed by atoms with Gasteiger partial charge in [0.25, 0.3) is 0 Å². The van der Waals surface area contributed by atoms with Gasteiger partial charge in [0.2, 0.25) is 0 Å². The Hall–Kier alpha value is -1.03. The van der Waals surface area contributed by atoms with Crippen LogP contribution in [0.15, 0.2) is 16.6 Å². The minimum Gasteiger partial charge on any atom is -0.506 e. The Balaban J connectivity index is 2.88. The fraction of sp³-hybridized carbons (Fsp3) is 0.300. The molecule has 0 aliphatic rings. The summed E-state index contributed by atoms with van der Waals surface area (Å²) < 4.78 is 0.639. The molecule has 1 aromatic carbocycles. The molecule has 0 spiro atoms. The average molecular weight is 259 g/mol. The van der Waals surface area contributed by atoms with Crippen molar-refractivity contribution in [1.82, 2.24) is 0 Å². The molecule has 1 aromatic rings. The molecule has 0 aliphatic carbocycles. The maximum absolute atomic E-state index is 10.3. The fourth-order valence-electron chi connectivity index (χ4n) is 1.15. The number of aryl methyl sites for hydroxylation is 2. The van der Waals surface area contributed by atoms with E-state index < -0.39 is 5.97 Å². The third-order valence-corrected chi connectivity index (χ3v) is 3.00. The smallest absolute Gasteiger partial charge is 0.303 e. The lowest BCUT2D eigenvalue weighted by Gasteiger charge is -2.06. The van der Waals surface area contributed by atoms with Crippen LogP contribution >= 0.6 is 15.9 Å². The molecule has 0 unspecified atom stereocenters. The van der Waals surface area contributed by atoms with Gasteiger partial charge in [-0.1, -0.05) is 12.1 Å². The number of aliphatic carboxylic acids is 1.